The zero-order chi connectivity index (χ0) is 19.4. The number of fused-ring (bicyclic) bond motifs is 1. The molecule has 3 aromatic rings. The average molecular weight is 388 g/mol. The lowest BCUT2D eigenvalue weighted by Crippen LogP contribution is -2.30. The van der Waals surface area contributed by atoms with Crippen LogP contribution in [0.3, 0.4) is 0 Å². The number of hydrogen-bond acceptors (Lipinski definition) is 5. The molecule has 6 nitrogen and oxygen atoms in total. The van der Waals surface area contributed by atoms with Gasteiger partial charge in [0.1, 0.15) is 5.58 Å². The number of carbonyl (C=O) groups excluding carboxylic acids is 2. The van der Waals surface area contributed by atoms with E-state index in [1.165, 1.54) is 14.0 Å². The lowest BCUT2D eigenvalue weighted by Gasteiger charge is -2.13. The highest BCUT2D eigenvalue weighted by Crippen LogP contribution is 2.27. The first-order chi connectivity index (χ1) is 13.0. The van der Waals surface area contributed by atoms with Crippen molar-refractivity contribution in [2.45, 2.75) is 19.6 Å². The summed E-state index contributed by atoms with van der Waals surface area (Å²) >= 11 is 5.82. The van der Waals surface area contributed by atoms with Crippen molar-refractivity contribution in [1.29, 1.82) is 0 Å². The number of esters is 1. The first kappa shape index (κ1) is 18.9. The second-order valence-electron chi connectivity index (χ2n) is 5.88. The topological polar surface area (TPSA) is 77.8 Å². The Labute approximate surface area is 161 Å². The largest absolute Gasteiger partial charge is 0.449 e. The van der Waals surface area contributed by atoms with E-state index in [2.05, 4.69) is 5.32 Å². The van der Waals surface area contributed by atoms with E-state index in [0.29, 0.717) is 21.9 Å². The molecule has 3 rings (SSSR count). The minimum atomic E-state index is -1.02. The van der Waals surface area contributed by atoms with Gasteiger partial charge in [0.25, 0.3) is 5.91 Å². The van der Waals surface area contributed by atoms with Crippen LogP contribution < -0.4 is 5.32 Å². The van der Waals surface area contributed by atoms with Gasteiger partial charge in [0.05, 0.1) is 6.61 Å². The molecule has 0 spiro atoms. The Morgan fingerprint density at radius 1 is 1.15 bits per heavy atom. The molecule has 0 radical (unpaired) electrons. The molecule has 27 heavy (non-hydrogen) atoms. The molecule has 0 aliphatic heterocycles. The van der Waals surface area contributed by atoms with E-state index < -0.39 is 18.0 Å². The molecule has 0 bridgehead atoms. The summed E-state index contributed by atoms with van der Waals surface area (Å²) in [7, 11) is 1.53. The average Bonchev–Trinajstić information content (AvgIpc) is 3.03. The maximum atomic E-state index is 12.6. The van der Waals surface area contributed by atoms with Gasteiger partial charge in [-0.05, 0) is 37.3 Å². The van der Waals surface area contributed by atoms with Gasteiger partial charge in [-0.2, -0.15) is 0 Å². The molecular weight excluding hydrogens is 370 g/mol. The summed E-state index contributed by atoms with van der Waals surface area (Å²) in [6.45, 7) is 1.68. The summed E-state index contributed by atoms with van der Waals surface area (Å²) in [5, 5.41) is 3.99. The van der Waals surface area contributed by atoms with Crippen molar-refractivity contribution in [2.75, 3.05) is 12.4 Å². The number of furan rings is 1. The fourth-order valence-corrected chi connectivity index (χ4v) is 2.72. The molecule has 0 saturated heterocycles. The van der Waals surface area contributed by atoms with Crippen molar-refractivity contribution in [3.8, 4) is 0 Å². The first-order valence-corrected chi connectivity index (χ1v) is 8.64. The maximum Gasteiger partial charge on any atom is 0.375 e. The number of carbonyl (C=O) groups is 2. The second-order valence-corrected chi connectivity index (χ2v) is 6.32. The highest BCUT2D eigenvalue weighted by molar-refractivity contribution is 6.30. The molecule has 1 atom stereocenters. The van der Waals surface area contributed by atoms with Gasteiger partial charge in [0.2, 0.25) is 5.76 Å². The number of hydrogen-bond donors (Lipinski definition) is 1. The molecule has 1 N–H and O–H groups in total. The van der Waals surface area contributed by atoms with E-state index in [9.17, 15) is 9.59 Å². The van der Waals surface area contributed by atoms with Crippen molar-refractivity contribution < 1.29 is 23.5 Å². The molecule has 1 heterocycles. The van der Waals surface area contributed by atoms with E-state index in [4.69, 9.17) is 25.5 Å². The number of methoxy groups -OCH3 is 1. The predicted molar refractivity (Wildman–Crippen MR) is 102 cm³/mol. The Balaban J connectivity index is 1.74. The number of para-hydroxylation sites is 1. The number of nitrogens with one attached hydrogen (secondary N) is 1. The van der Waals surface area contributed by atoms with Gasteiger partial charge in [-0.1, -0.05) is 29.8 Å². The quantitative estimate of drug-likeness (QED) is 0.633. The third-order valence-corrected chi connectivity index (χ3v) is 4.19. The van der Waals surface area contributed by atoms with Crippen LogP contribution in [0, 0.1) is 0 Å². The Hall–Kier alpha value is -2.83. The van der Waals surface area contributed by atoms with E-state index in [1.807, 2.05) is 12.1 Å². The molecule has 1 aromatic heterocycles. The molecule has 1 unspecified atom stereocenters. The lowest BCUT2D eigenvalue weighted by molar-refractivity contribution is -0.123. The zero-order valence-corrected chi connectivity index (χ0v) is 15.6. The number of ether oxygens (including phenoxy) is 2. The highest BCUT2D eigenvalue weighted by Gasteiger charge is 2.25. The van der Waals surface area contributed by atoms with Gasteiger partial charge in [0, 0.05) is 28.8 Å². The molecule has 0 fully saturated rings. The number of amides is 1. The van der Waals surface area contributed by atoms with Crippen molar-refractivity contribution in [2.24, 2.45) is 0 Å². The molecule has 0 aliphatic rings. The summed E-state index contributed by atoms with van der Waals surface area (Å²) in [5.74, 6) is -1.16. The number of halogens is 1. The highest BCUT2D eigenvalue weighted by atomic mass is 35.5. The Kier molecular flexibility index (Phi) is 5.78. The van der Waals surface area contributed by atoms with Gasteiger partial charge >= 0.3 is 5.97 Å². The van der Waals surface area contributed by atoms with E-state index in [1.54, 1.807) is 36.4 Å². The monoisotopic (exact) mass is 387 g/mol. The van der Waals surface area contributed by atoms with Crippen LogP contribution >= 0.6 is 11.6 Å². The van der Waals surface area contributed by atoms with Crippen LogP contribution in [0.1, 0.15) is 23.0 Å². The van der Waals surface area contributed by atoms with Crippen LogP contribution in [0.4, 0.5) is 5.69 Å². The van der Waals surface area contributed by atoms with Gasteiger partial charge in [-0.25, -0.2) is 4.79 Å². The van der Waals surface area contributed by atoms with Gasteiger partial charge in [-0.3, -0.25) is 4.79 Å². The Bertz CT molecular complexity index is 964. The number of anilines is 1. The van der Waals surface area contributed by atoms with E-state index in [0.717, 1.165) is 5.39 Å². The maximum absolute atomic E-state index is 12.6. The fourth-order valence-electron chi connectivity index (χ4n) is 2.60. The Morgan fingerprint density at radius 2 is 1.85 bits per heavy atom. The Morgan fingerprint density at radius 3 is 2.56 bits per heavy atom. The van der Waals surface area contributed by atoms with Crippen LogP contribution in [-0.4, -0.2) is 25.1 Å². The second kappa shape index (κ2) is 8.24. The van der Waals surface area contributed by atoms with Crippen LogP contribution in [0.25, 0.3) is 11.0 Å². The number of rotatable bonds is 6. The minimum Gasteiger partial charge on any atom is -0.449 e. The summed E-state index contributed by atoms with van der Waals surface area (Å²) in [6, 6.07) is 13.9. The van der Waals surface area contributed by atoms with Crippen molar-refractivity contribution in [1.82, 2.24) is 0 Å². The van der Waals surface area contributed by atoms with Gasteiger partial charge in [-0.15, -0.1) is 0 Å². The van der Waals surface area contributed by atoms with E-state index in [-0.39, 0.29) is 12.4 Å². The smallest absolute Gasteiger partial charge is 0.375 e. The van der Waals surface area contributed by atoms with Crippen molar-refractivity contribution in [3.05, 3.63) is 64.9 Å². The normalized spacial score (nSPS) is 12.0. The molecule has 0 aliphatic carbocycles. The van der Waals surface area contributed by atoms with Crippen LogP contribution in [0.5, 0.6) is 0 Å². The zero-order valence-electron chi connectivity index (χ0n) is 14.8. The first-order valence-electron chi connectivity index (χ1n) is 8.26. The number of benzene rings is 2. The standard InChI is InChI=1S/C20H18ClNO5/c1-12(19(23)22-14-9-7-13(21)8-10-14)26-20(24)18-16(11-25-2)15-5-3-4-6-17(15)27-18/h3-10,12H,11H2,1-2H3,(H,22,23). The van der Waals surface area contributed by atoms with Crippen LogP contribution in [0.15, 0.2) is 52.9 Å². The van der Waals surface area contributed by atoms with Crippen molar-refractivity contribution >= 4 is 40.1 Å². The van der Waals surface area contributed by atoms with E-state index >= 15 is 0 Å². The van der Waals surface area contributed by atoms with Crippen LogP contribution in [-0.2, 0) is 20.9 Å². The summed E-state index contributed by atoms with van der Waals surface area (Å²) < 4.78 is 16.1. The lowest BCUT2D eigenvalue weighted by atomic mass is 10.1. The molecular formula is C20H18ClNO5. The third kappa shape index (κ3) is 4.30. The molecule has 0 saturated carbocycles. The van der Waals surface area contributed by atoms with Crippen LogP contribution in [0.2, 0.25) is 5.02 Å². The SMILES string of the molecule is COCc1c(C(=O)OC(C)C(=O)Nc2ccc(Cl)cc2)oc2ccccc12. The molecule has 140 valence electrons. The fraction of sp³-hybridized carbons (Fsp3) is 0.200. The summed E-state index contributed by atoms with van der Waals surface area (Å²) in [4.78, 5) is 24.8. The van der Waals surface area contributed by atoms with Gasteiger partial charge in [0.15, 0.2) is 6.10 Å². The summed E-state index contributed by atoms with van der Waals surface area (Å²) in [6.07, 6.45) is -1.02. The molecule has 2 aromatic carbocycles. The summed E-state index contributed by atoms with van der Waals surface area (Å²) in [5.41, 5.74) is 1.69. The molecule has 1 amide bonds. The predicted octanol–water partition coefficient (Wildman–Crippen LogP) is 4.42. The molecule has 7 heteroatoms. The minimum absolute atomic E-state index is 0.0317. The van der Waals surface area contributed by atoms with Crippen molar-refractivity contribution in [3.63, 3.8) is 0 Å². The van der Waals surface area contributed by atoms with Gasteiger partial charge < -0.3 is 19.2 Å². The third-order valence-electron chi connectivity index (χ3n) is 3.94.